The van der Waals surface area contributed by atoms with Crippen LogP contribution in [0.5, 0.6) is 0 Å². The first-order valence-electron chi connectivity index (χ1n) is 8.98. The summed E-state index contributed by atoms with van der Waals surface area (Å²) in [5, 5.41) is 0. The zero-order chi connectivity index (χ0) is 17.7. The van der Waals surface area contributed by atoms with Gasteiger partial charge in [0.15, 0.2) is 0 Å². The van der Waals surface area contributed by atoms with E-state index in [9.17, 15) is 4.79 Å². The molecule has 2 rings (SSSR count). The van der Waals surface area contributed by atoms with Crippen LogP contribution >= 0.6 is 0 Å². The number of hydrogen-bond donors (Lipinski definition) is 0. The van der Waals surface area contributed by atoms with Crippen molar-refractivity contribution in [2.24, 2.45) is 0 Å². The molecule has 0 radical (unpaired) electrons. The van der Waals surface area contributed by atoms with Crippen molar-refractivity contribution in [1.29, 1.82) is 0 Å². The molecule has 1 heterocycles. The fourth-order valence-electron chi connectivity index (χ4n) is 3.17. The van der Waals surface area contributed by atoms with Gasteiger partial charge in [-0.2, -0.15) is 0 Å². The van der Waals surface area contributed by atoms with E-state index in [0.29, 0.717) is 6.54 Å². The summed E-state index contributed by atoms with van der Waals surface area (Å²) < 4.78 is 1.86. The Balaban J connectivity index is 2.40. The van der Waals surface area contributed by atoms with E-state index in [1.807, 2.05) is 23.8 Å². The largest absolute Gasteiger partial charge is 0.370 e. The second-order valence-corrected chi connectivity index (χ2v) is 6.73. The summed E-state index contributed by atoms with van der Waals surface area (Å²) in [6, 6.07) is 8.46. The molecule has 24 heavy (non-hydrogen) atoms. The zero-order valence-corrected chi connectivity index (χ0v) is 15.7. The summed E-state index contributed by atoms with van der Waals surface area (Å²) in [6.07, 6.45) is 4.24. The maximum Gasteiger partial charge on any atom is 0.253 e. The van der Waals surface area contributed by atoms with Crippen molar-refractivity contribution < 1.29 is 0 Å². The van der Waals surface area contributed by atoms with Gasteiger partial charge in [-0.1, -0.05) is 37.6 Å². The highest BCUT2D eigenvalue weighted by Crippen LogP contribution is 2.17. The Morgan fingerprint density at radius 1 is 0.958 bits per heavy atom. The van der Waals surface area contributed by atoms with E-state index in [4.69, 9.17) is 0 Å². The monoisotopic (exact) mass is 326 g/mol. The Morgan fingerprint density at radius 3 is 2.21 bits per heavy atom. The molecule has 130 valence electrons. The van der Waals surface area contributed by atoms with Crippen LogP contribution in [0.1, 0.15) is 48.9 Å². The highest BCUT2D eigenvalue weighted by Gasteiger charge is 2.10. The molecule has 1 aromatic carbocycles. The van der Waals surface area contributed by atoms with Crippen molar-refractivity contribution in [1.82, 2.24) is 4.57 Å². The molecule has 1 aromatic heterocycles. The quantitative estimate of drug-likeness (QED) is 0.751. The molecular formula is C21H30N2O. The SMILES string of the molecule is CCCN(CCC)c1cc(C)c(=O)n(Cc2ccc(C)cc2C)c1. The number of aromatic nitrogens is 1. The molecule has 3 nitrogen and oxygen atoms in total. The van der Waals surface area contributed by atoms with Crippen LogP contribution in [0.25, 0.3) is 0 Å². The lowest BCUT2D eigenvalue weighted by atomic mass is 10.1. The van der Waals surface area contributed by atoms with Gasteiger partial charge in [-0.15, -0.1) is 0 Å². The fraction of sp³-hybridized carbons (Fsp3) is 0.476. The van der Waals surface area contributed by atoms with E-state index in [1.165, 1.54) is 16.7 Å². The van der Waals surface area contributed by atoms with Crippen molar-refractivity contribution >= 4 is 5.69 Å². The molecule has 0 amide bonds. The summed E-state index contributed by atoms with van der Waals surface area (Å²) in [6.45, 7) is 13.2. The molecule has 0 unspecified atom stereocenters. The lowest BCUT2D eigenvalue weighted by Gasteiger charge is -2.25. The number of nitrogens with zero attached hydrogens (tertiary/aromatic N) is 2. The van der Waals surface area contributed by atoms with Gasteiger partial charge in [-0.25, -0.2) is 0 Å². The lowest BCUT2D eigenvalue weighted by molar-refractivity contribution is 0.713. The average Bonchev–Trinajstić information content (AvgIpc) is 2.53. The maximum absolute atomic E-state index is 12.6. The van der Waals surface area contributed by atoms with E-state index in [1.54, 1.807) is 0 Å². The third-order valence-electron chi connectivity index (χ3n) is 4.44. The number of pyridine rings is 1. The first-order valence-corrected chi connectivity index (χ1v) is 8.98. The molecule has 0 aliphatic rings. The Bertz CT molecular complexity index is 740. The number of benzene rings is 1. The molecule has 3 heteroatoms. The topological polar surface area (TPSA) is 25.2 Å². The molecule has 2 aromatic rings. The van der Waals surface area contributed by atoms with Crippen molar-refractivity contribution in [3.63, 3.8) is 0 Å². The summed E-state index contributed by atoms with van der Waals surface area (Å²) >= 11 is 0. The molecule has 0 N–H and O–H groups in total. The predicted molar refractivity (Wildman–Crippen MR) is 103 cm³/mol. The van der Waals surface area contributed by atoms with Crippen molar-refractivity contribution in [2.75, 3.05) is 18.0 Å². The van der Waals surface area contributed by atoms with Crippen LogP contribution in [0.4, 0.5) is 5.69 Å². The van der Waals surface area contributed by atoms with Gasteiger partial charge in [-0.3, -0.25) is 4.79 Å². The summed E-state index contributed by atoms with van der Waals surface area (Å²) in [5.41, 5.74) is 5.77. The molecule has 0 aliphatic carbocycles. The molecule has 0 bridgehead atoms. The fourth-order valence-corrected chi connectivity index (χ4v) is 3.17. The summed E-state index contributed by atoms with van der Waals surface area (Å²) in [7, 11) is 0. The minimum Gasteiger partial charge on any atom is -0.370 e. The Hall–Kier alpha value is -2.03. The van der Waals surface area contributed by atoms with Crippen LogP contribution in [-0.2, 0) is 6.54 Å². The molecule has 0 saturated carbocycles. The second kappa shape index (κ2) is 8.18. The van der Waals surface area contributed by atoms with Gasteiger partial charge in [0.2, 0.25) is 0 Å². The Kier molecular flexibility index (Phi) is 6.24. The highest BCUT2D eigenvalue weighted by atomic mass is 16.1. The van der Waals surface area contributed by atoms with E-state index in [0.717, 1.165) is 37.2 Å². The van der Waals surface area contributed by atoms with Gasteiger partial charge >= 0.3 is 0 Å². The summed E-state index contributed by atoms with van der Waals surface area (Å²) in [5.74, 6) is 0. The summed E-state index contributed by atoms with van der Waals surface area (Å²) in [4.78, 5) is 15.0. The van der Waals surface area contributed by atoms with Gasteiger partial charge < -0.3 is 9.47 Å². The van der Waals surface area contributed by atoms with E-state index in [2.05, 4.69) is 50.8 Å². The van der Waals surface area contributed by atoms with Crippen LogP contribution in [0, 0.1) is 20.8 Å². The average molecular weight is 326 g/mol. The normalized spacial score (nSPS) is 10.9. The standard InChI is InChI=1S/C21H30N2O/c1-6-10-22(11-7-2)20-13-18(5)21(24)23(15-20)14-19-9-8-16(3)12-17(19)4/h8-9,12-13,15H,6-7,10-11,14H2,1-5H3. The molecule has 0 fully saturated rings. The second-order valence-electron chi connectivity index (χ2n) is 6.73. The Labute approximate surface area is 145 Å². The number of anilines is 1. The highest BCUT2D eigenvalue weighted by molar-refractivity contribution is 5.46. The van der Waals surface area contributed by atoms with Crippen LogP contribution in [0.2, 0.25) is 0 Å². The van der Waals surface area contributed by atoms with Gasteiger partial charge in [0.05, 0.1) is 12.2 Å². The third kappa shape index (κ3) is 4.28. The minimum atomic E-state index is 0.103. The first kappa shape index (κ1) is 18.3. The van der Waals surface area contributed by atoms with Crippen molar-refractivity contribution in [3.05, 3.63) is 63.1 Å². The van der Waals surface area contributed by atoms with E-state index < -0.39 is 0 Å². The van der Waals surface area contributed by atoms with Gasteiger partial charge in [-0.05, 0) is 50.8 Å². The van der Waals surface area contributed by atoms with E-state index in [-0.39, 0.29) is 5.56 Å². The first-order chi connectivity index (χ1) is 11.5. The van der Waals surface area contributed by atoms with Crippen molar-refractivity contribution in [2.45, 2.75) is 54.0 Å². The Morgan fingerprint density at radius 2 is 1.62 bits per heavy atom. The third-order valence-corrected chi connectivity index (χ3v) is 4.44. The van der Waals surface area contributed by atoms with Crippen LogP contribution in [0.3, 0.4) is 0 Å². The molecular weight excluding hydrogens is 296 g/mol. The molecule has 0 saturated heterocycles. The zero-order valence-electron chi connectivity index (χ0n) is 15.7. The number of hydrogen-bond acceptors (Lipinski definition) is 2. The predicted octanol–water partition coefficient (Wildman–Crippen LogP) is 4.45. The smallest absolute Gasteiger partial charge is 0.253 e. The lowest BCUT2D eigenvalue weighted by Crippen LogP contribution is -2.29. The minimum absolute atomic E-state index is 0.103. The molecule has 0 atom stereocenters. The molecule has 0 spiro atoms. The molecule has 0 aliphatic heterocycles. The number of rotatable bonds is 7. The maximum atomic E-state index is 12.6. The van der Waals surface area contributed by atoms with Crippen LogP contribution in [-0.4, -0.2) is 17.7 Å². The van der Waals surface area contributed by atoms with Gasteiger partial charge in [0.1, 0.15) is 0 Å². The van der Waals surface area contributed by atoms with Gasteiger partial charge in [0.25, 0.3) is 5.56 Å². The van der Waals surface area contributed by atoms with Crippen LogP contribution in [0.15, 0.2) is 35.3 Å². The van der Waals surface area contributed by atoms with E-state index >= 15 is 0 Å². The van der Waals surface area contributed by atoms with Crippen molar-refractivity contribution in [3.8, 4) is 0 Å². The van der Waals surface area contributed by atoms with Crippen LogP contribution < -0.4 is 10.5 Å². The number of aryl methyl sites for hydroxylation is 3. The van der Waals surface area contributed by atoms with Gasteiger partial charge in [0, 0.05) is 24.8 Å².